The molecule has 23 heteroatoms. The fourth-order valence-corrected chi connectivity index (χ4v) is 12.5. The normalized spacial score (nSPS) is 19.0. The van der Waals surface area contributed by atoms with E-state index in [4.69, 9.17) is 27.0 Å². The van der Waals surface area contributed by atoms with Crippen molar-refractivity contribution in [2.24, 2.45) is 17.6 Å². The summed E-state index contributed by atoms with van der Waals surface area (Å²) in [5, 5.41) is 39.2. The standard InChI is InChI=1S/C37H41FN6O4S.C33H33FN6O3.ClH/c1-36(2,3)49(47)43-37(17-16-24-8-9-24,27-7-5-6-26(18-27)22-40)28-12-15-31(38)32(19-28)42-34(45)33-20-30(48-4)23-44(33)35(46)41-29-13-10-25(21-39)11-14-29;1-37-25-9-11-26(12-10-25)38-32(42)40-20-27(43-2)18-30(40)31(41)39-29-17-24(8-13-28(29)34)33(36,15-14-21-6-7-21)23-5-3-4-22(16-23)19-35;/h5-7,10-15,18-19,24,30,33,43H,8-9,16-17,20,23H2,1-4H3,(H,41,46)(H,42,45);3-5,8-13,16-17,21,27,30H,6-7,14-15,18,20,36H2,2H3,(H,38,42)(H,39,41);1H/t30-,33-,37?,49-;27-,30-,33?;/m11./s1. The number of likely N-dealkylation sites (tertiary alicyclic amines) is 2. The van der Waals surface area contributed by atoms with E-state index >= 15 is 8.78 Å². The van der Waals surface area contributed by atoms with Crippen molar-refractivity contribution in [2.45, 2.75) is 125 Å². The SMILES string of the molecule is CO[C@@H]1C[C@H](C(=O)Nc2cc(C(CCC3CC3)(N[S@](=O)C(C)(C)C)c3cccc(C#N)c3)ccc2F)N(C(=O)Nc2ccc(C#N)cc2)C1.Cl.[C-]#[N+]c1ccc(NC(=O)N2C[C@H](OC)C[C@@H]2C(=O)Nc2cc(C(N)(CCC3CC3)c3cccc(C#N)c3)ccc2F)cc1. The number of hydrogen-bond donors (Lipinski definition) is 6. The minimum Gasteiger partial charge on any atom is -0.380 e. The summed E-state index contributed by atoms with van der Waals surface area (Å²) < 4.78 is 58.2. The van der Waals surface area contributed by atoms with Gasteiger partial charge in [0.25, 0.3) is 0 Å². The Morgan fingerprint density at radius 1 is 0.613 bits per heavy atom. The minimum atomic E-state index is -1.56. The molecule has 0 spiro atoms. The smallest absolute Gasteiger partial charge is 0.322 e. The molecule has 2 aliphatic carbocycles. The first-order valence-corrected chi connectivity index (χ1v) is 31.7. The Hall–Kier alpha value is -9.10. The van der Waals surface area contributed by atoms with Gasteiger partial charge in [0.1, 0.15) is 23.7 Å². The first-order valence-electron chi connectivity index (χ1n) is 30.5. The monoisotopic (exact) mass is 1300 g/mol. The number of carbonyl (C=O) groups excluding carboxylic acids is 4. The van der Waals surface area contributed by atoms with Gasteiger partial charge in [-0.2, -0.15) is 15.8 Å². The van der Waals surface area contributed by atoms with Crippen LogP contribution in [0.4, 0.5) is 46.8 Å². The van der Waals surface area contributed by atoms with Gasteiger partial charge in [0, 0.05) is 51.5 Å². The quantitative estimate of drug-likeness (QED) is 0.0391. The molecule has 4 aliphatic rings. The van der Waals surface area contributed by atoms with Gasteiger partial charge >= 0.3 is 12.1 Å². The molecule has 7 atom stereocenters. The average Bonchev–Trinajstić information content (AvgIpc) is 1.74. The summed E-state index contributed by atoms with van der Waals surface area (Å²) in [5.41, 5.74) is 10.2. The number of methoxy groups -OCH3 is 2. The molecular formula is C70H75ClF2N12O7S. The van der Waals surface area contributed by atoms with E-state index in [0.29, 0.717) is 75.1 Å². The summed E-state index contributed by atoms with van der Waals surface area (Å²) in [4.78, 5) is 60.0. The Balaban J connectivity index is 0.000000238. The van der Waals surface area contributed by atoms with Crippen molar-refractivity contribution in [1.82, 2.24) is 14.5 Å². The molecule has 10 rings (SSSR count). The summed E-state index contributed by atoms with van der Waals surface area (Å²) in [6.07, 6.45) is 6.94. The fourth-order valence-electron chi connectivity index (χ4n) is 11.5. The highest BCUT2D eigenvalue weighted by Crippen LogP contribution is 2.44. The molecular weight excluding hydrogens is 1230 g/mol. The first-order chi connectivity index (χ1) is 44.1. The van der Waals surface area contributed by atoms with Crippen molar-refractivity contribution in [1.29, 1.82) is 15.8 Å². The molecule has 19 nitrogen and oxygen atoms in total. The van der Waals surface area contributed by atoms with Crippen LogP contribution in [-0.2, 0) is 41.1 Å². The minimum absolute atomic E-state index is 0. The van der Waals surface area contributed by atoms with Gasteiger partial charge in [0.15, 0.2) is 5.69 Å². The van der Waals surface area contributed by atoms with E-state index in [0.717, 1.165) is 44.1 Å². The van der Waals surface area contributed by atoms with E-state index in [9.17, 15) is 33.9 Å². The van der Waals surface area contributed by atoms with Gasteiger partial charge in [0.2, 0.25) is 11.8 Å². The van der Waals surface area contributed by atoms with Crippen LogP contribution >= 0.6 is 12.4 Å². The predicted molar refractivity (Wildman–Crippen MR) is 354 cm³/mol. The number of benzene rings is 6. The highest BCUT2D eigenvalue weighted by molar-refractivity contribution is 7.84. The van der Waals surface area contributed by atoms with Crippen molar-refractivity contribution >= 4 is 75.7 Å². The maximum Gasteiger partial charge on any atom is 0.322 e. The number of amides is 6. The van der Waals surface area contributed by atoms with Crippen LogP contribution in [0.5, 0.6) is 0 Å². The molecule has 2 unspecified atom stereocenters. The number of nitrogens with one attached hydrogen (secondary N) is 5. The van der Waals surface area contributed by atoms with Crippen LogP contribution in [0.3, 0.4) is 0 Å². The second kappa shape index (κ2) is 30.6. The molecule has 4 fully saturated rings. The molecule has 0 aromatic heterocycles. The topological polar surface area (TPSA) is 272 Å². The molecule has 6 amide bonds. The zero-order valence-electron chi connectivity index (χ0n) is 52.3. The third-order valence-corrected chi connectivity index (χ3v) is 19.0. The van der Waals surface area contributed by atoms with E-state index in [2.05, 4.69) is 43.0 Å². The van der Waals surface area contributed by atoms with E-state index in [1.807, 2.05) is 39.0 Å². The van der Waals surface area contributed by atoms with Gasteiger partial charge in [-0.3, -0.25) is 9.59 Å². The number of hydrogen-bond acceptors (Lipinski definition) is 11. The number of urea groups is 2. The Morgan fingerprint density at radius 2 is 1.04 bits per heavy atom. The fraction of sp³-hybridized carbons (Fsp3) is 0.371. The number of nitriles is 3. The molecule has 2 aliphatic heterocycles. The lowest BCUT2D eigenvalue weighted by Crippen LogP contribution is -2.49. The number of nitrogens with two attached hydrogens (primary N) is 1. The predicted octanol–water partition coefficient (Wildman–Crippen LogP) is 12.6. The molecule has 2 saturated carbocycles. The van der Waals surface area contributed by atoms with Crippen LogP contribution in [0.25, 0.3) is 4.85 Å². The van der Waals surface area contributed by atoms with Gasteiger partial charge < -0.3 is 46.3 Å². The van der Waals surface area contributed by atoms with Crippen LogP contribution in [-0.4, -0.2) is 94.2 Å². The second-order valence-corrected chi connectivity index (χ2v) is 26.8. The van der Waals surface area contributed by atoms with Gasteiger partial charge in [-0.1, -0.05) is 74.2 Å². The summed E-state index contributed by atoms with van der Waals surface area (Å²) in [5.74, 6) is -1.34. The van der Waals surface area contributed by atoms with Gasteiger partial charge in [-0.05, 0) is 165 Å². The summed E-state index contributed by atoms with van der Waals surface area (Å²) in [6, 6.07) is 39.3. The van der Waals surface area contributed by atoms with E-state index < -0.39 is 80.5 Å². The maximum atomic E-state index is 15.6. The largest absolute Gasteiger partial charge is 0.380 e. The molecule has 484 valence electrons. The summed E-state index contributed by atoms with van der Waals surface area (Å²) in [7, 11) is 1.45. The Kier molecular flexibility index (Phi) is 22.9. The van der Waals surface area contributed by atoms with Gasteiger partial charge in [0.05, 0.1) is 91.9 Å². The number of anilines is 4. The van der Waals surface area contributed by atoms with Crippen molar-refractivity contribution in [3.63, 3.8) is 0 Å². The maximum absolute atomic E-state index is 15.6. The average molecular weight is 1300 g/mol. The second-order valence-electron chi connectivity index (χ2n) is 24.8. The zero-order chi connectivity index (χ0) is 65.9. The van der Waals surface area contributed by atoms with Gasteiger partial charge in [-0.25, -0.2) is 32.1 Å². The Bertz CT molecular complexity index is 3920. The lowest BCUT2D eigenvalue weighted by molar-refractivity contribution is -0.120. The molecule has 0 bridgehead atoms. The van der Waals surface area contributed by atoms with Crippen LogP contribution in [0, 0.1) is 64.0 Å². The zero-order valence-corrected chi connectivity index (χ0v) is 54.0. The third kappa shape index (κ3) is 17.1. The Labute approximate surface area is 549 Å². The lowest BCUT2D eigenvalue weighted by Gasteiger charge is -2.38. The number of ether oxygens (including phenoxy) is 2. The van der Waals surface area contributed by atoms with Crippen LogP contribution in [0.15, 0.2) is 133 Å². The molecule has 2 saturated heterocycles. The molecule has 2 heterocycles. The molecule has 0 radical (unpaired) electrons. The van der Waals surface area contributed by atoms with Crippen molar-refractivity contribution in [3.05, 3.63) is 195 Å². The van der Waals surface area contributed by atoms with Crippen molar-refractivity contribution in [3.8, 4) is 18.2 Å². The van der Waals surface area contributed by atoms with Crippen LogP contribution in [0.1, 0.15) is 124 Å². The summed E-state index contributed by atoms with van der Waals surface area (Å²) in [6.45, 7) is 13.0. The van der Waals surface area contributed by atoms with E-state index in [-0.39, 0.29) is 55.8 Å². The third-order valence-electron chi connectivity index (χ3n) is 17.4. The number of rotatable bonds is 20. The van der Waals surface area contributed by atoms with E-state index in [1.165, 1.54) is 36.2 Å². The highest BCUT2D eigenvalue weighted by Gasteiger charge is 2.44. The molecule has 6 aromatic rings. The molecule has 7 N–H and O–H groups in total. The lowest BCUT2D eigenvalue weighted by atomic mass is 9.79. The number of halogens is 3. The Morgan fingerprint density at radius 3 is 1.51 bits per heavy atom. The van der Waals surface area contributed by atoms with Gasteiger partial charge in [-0.15, -0.1) is 12.4 Å². The summed E-state index contributed by atoms with van der Waals surface area (Å²) >= 11 is 0. The van der Waals surface area contributed by atoms with Crippen molar-refractivity contribution in [2.75, 3.05) is 48.6 Å². The molecule has 93 heavy (non-hydrogen) atoms. The van der Waals surface area contributed by atoms with E-state index in [1.54, 1.807) is 109 Å². The number of nitrogens with zero attached hydrogens (tertiary/aromatic N) is 6. The van der Waals surface area contributed by atoms with Crippen LogP contribution in [0.2, 0.25) is 0 Å². The highest BCUT2D eigenvalue weighted by atomic mass is 35.5. The van der Waals surface area contributed by atoms with Crippen molar-refractivity contribution < 1.29 is 41.6 Å². The van der Waals surface area contributed by atoms with Crippen LogP contribution < -0.4 is 31.7 Å². The number of carbonyl (C=O) groups is 4. The molecule has 6 aromatic carbocycles. The first kappa shape index (κ1) is 69.8.